The first-order valence-electron chi connectivity index (χ1n) is 3.01. The molecule has 1 fully saturated rings. The highest BCUT2D eigenvalue weighted by Crippen LogP contribution is 2.23. The Morgan fingerprint density at radius 2 is 2.12 bits per heavy atom. The molecule has 8 heavy (non-hydrogen) atoms. The van der Waals surface area contributed by atoms with Gasteiger partial charge in [-0.1, -0.05) is 6.92 Å². The second-order valence-electron chi connectivity index (χ2n) is 2.46. The van der Waals surface area contributed by atoms with Gasteiger partial charge in [-0.3, -0.25) is 0 Å². The summed E-state index contributed by atoms with van der Waals surface area (Å²) in [5.41, 5.74) is 0. The normalized spacial score (nSPS) is 47.6. The number of hydrogen-bond acceptors (Lipinski definition) is 2. The monoisotopic (exact) mass is 132 g/mol. The third kappa shape index (κ3) is 1.00. The van der Waals surface area contributed by atoms with Gasteiger partial charge in [0.2, 0.25) is 0 Å². The maximum Gasteiger partial charge on any atom is 0.0589 e. The van der Waals surface area contributed by atoms with Crippen molar-refractivity contribution in [1.82, 2.24) is 0 Å². The Hall–Kier alpha value is 0.310. The molecule has 0 aromatic rings. The van der Waals surface area contributed by atoms with Crippen molar-refractivity contribution in [2.24, 2.45) is 5.92 Å². The van der Waals surface area contributed by atoms with Crippen LogP contribution in [-0.4, -0.2) is 18.0 Å². The molecule has 0 radical (unpaired) electrons. The van der Waals surface area contributed by atoms with Crippen LogP contribution < -0.4 is 0 Å². The van der Waals surface area contributed by atoms with Crippen molar-refractivity contribution in [3.8, 4) is 0 Å². The number of thiol groups is 1. The zero-order valence-electron chi connectivity index (χ0n) is 5.29. The molecular weight excluding hydrogens is 120 g/mol. The van der Waals surface area contributed by atoms with Crippen LogP contribution >= 0.6 is 12.6 Å². The minimum Gasteiger partial charge on any atom is -0.377 e. The van der Waals surface area contributed by atoms with Gasteiger partial charge in [0.25, 0.3) is 0 Å². The van der Waals surface area contributed by atoms with Gasteiger partial charge in [-0.15, -0.1) is 0 Å². The number of rotatable bonds is 0. The first-order chi connectivity index (χ1) is 3.72. The molecule has 0 amide bonds. The van der Waals surface area contributed by atoms with Crippen LogP contribution in [0.3, 0.4) is 0 Å². The van der Waals surface area contributed by atoms with E-state index in [0.717, 1.165) is 6.61 Å². The molecule has 1 saturated heterocycles. The maximum atomic E-state index is 5.30. The second-order valence-corrected chi connectivity index (χ2v) is 3.13. The van der Waals surface area contributed by atoms with Crippen LogP contribution in [0.25, 0.3) is 0 Å². The lowest BCUT2D eigenvalue weighted by atomic mass is 10.1. The van der Waals surface area contributed by atoms with Crippen LogP contribution in [0.2, 0.25) is 0 Å². The molecule has 0 N–H and O–H groups in total. The van der Waals surface area contributed by atoms with Crippen LogP contribution in [0.15, 0.2) is 0 Å². The fourth-order valence-corrected chi connectivity index (χ4v) is 1.20. The van der Waals surface area contributed by atoms with Crippen molar-refractivity contribution in [2.45, 2.75) is 25.2 Å². The van der Waals surface area contributed by atoms with Crippen molar-refractivity contribution in [1.29, 1.82) is 0 Å². The van der Waals surface area contributed by atoms with Gasteiger partial charge < -0.3 is 4.74 Å². The molecule has 0 aromatic heterocycles. The van der Waals surface area contributed by atoms with Crippen molar-refractivity contribution in [3.63, 3.8) is 0 Å². The highest BCUT2D eigenvalue weighted by molar-refractivity contribution is 7.81. The van der Waals surface area contributed by atoms with Crippen LogP contribution in [0.5, 0.6) is 0 Å². The van der Waals surface area contributed by atoms with Crippen LogP contribution in [0.1, 0.15) is 13.8 Å². The average Bonchev–Trinajstić information content (AvgIpc) is 1.98. The Kier molecular flexibility index (Phi) is 1.83. The first kappa shape index (κ1) is 6.43. The summed E-state index contributed by atoms with van der Waals surface area (Å²) >= 11 is 4.32. The molecule has 1 heterocycles. The predicted octanol–water partition coefficient (Wildman–Crippen LogP) is 1.34. The van der Waals surface area contributed by atoms with E-state index in [1.165, 1.54) is 0 Å². The van der Waals surface area contributed by atoms with E-state index in [1.54, 1.807) is 0 Å². The average molecular weight is 132 g/mol. The lowest BCUT2D eigenvalue weighted by Gasteiger charge is -2.08. The second kappa shape index (κ2) is 2.28. The summed E-state index contributed by atoms with van der Waals surface area (Å²) in [6, 6.07) is 0. The minimum atomic E-state index is 0.414. The highest BCUT2D eigenvalue weighted by atomic mass is 32.1. The van der Waals surface area contributed by atoms with E-state index in [2.05, 4.69) is 26.5 Å². The fraction of sp³-hybridized carbons (Fsp3) is 1.00. The molecule has 1 aliphatic heterocycles. The SMILES string of the molecule is CC1OCC(S)C1C. The van der Waals surface area contributed by atoms with Crippen molar-refractivity contribution >= 4 is 12.6 Å². The van der Waals surface area contributed by atoms with E-state index in [-0.39, 0.29) is 0 Å². The van der Waals surface area contributed by atoms with Crippen molar-refractivity contribution in [2.75, 3.05) is 6.61 Å². The van der Waals surface area contributed by atoms with Crippen molar-refractivity contribution < 1.29 is 4.74 Å². The molecule has 0 spiro atoms. The van der Waals surface area contributed by atoms with Gasteiger partial charge in [0.15, 0.2) is 0 Å². The van der Waals surface area contributed by atoms with Crippen LogP contribution in [-0.2, 0) is 4.74 Å². The van der Waals surface area contributed by atoms with Crippen molar-refractivity contribution in [3.05, 3.63) is 0 Å². The minimum absolute atomic E-state index is 0.414. The third-order valence-corrected chi connectivity index (χ3v) is 2.50. The summed E-state index contributed by atoms with van der Waals surface area (Å²) in [5.74, 6) is 0.623. The molecule has 1 aliphatic rings. The Bertz CT molecular complexity index is 74.6. The lowest BCUT2D eigenvalue weighted by molar-refractivity contribution is 0.109. The quantitative estimate of drug-likeness (QED) is 0.489. The smallest absolute Gasteiger partial charge is 0.0589 e. The largest absolute Gasteiger partial charge is 0.377 e. The number of ether oxygens (including phenoxy) is 1. The lowest BCUT2D eigenvalue weighted by Crippen LogP contribution is -2.13. The predicted molar refractivity (Wildman–Crippen MR) is 37.4 cm³/mol. The van der Waals surface area contributed by atoms with Gasteiger partial charge in [-0.2, -0.15) is 12.6 Å². The van der Waals surface area contributed by atoms with Gasteiger partial charge >= 0.3 is 0 Å². The van der Waals surface area contributed by atoms with E-state index in [4.69, 9.17) is 4.74 Å². The summed E-state index contributed by atoms with van der Waals surface area (Å²) in [4.78, 5) is 0. The van der Waals surface area contributed by atoms with Crippen LogP contribution in [0.4, 0.5) is 0 Å². The summed E-state index contributed by atoms with van der Waals surface area (Å²) < 4.78 is 5.30. The summed E-state index contributed by atoms with van der Waals surface area (Å²) in [6.45, 7) is 5.10. The standard InChI is InChI=1S/C6H12OS/c1-4-5(2)7-3-6(4)8/h4-6,8H,3H2,1-2H3. The topological polar surface area (TPSA) is 9.23 Å². The molecule has 1 rings (SSSR count). The van der Waals surface area contributed by atoms with Gasteiger partial charge in [-0.05, 0) is 12.8 Å². The Morgan fingerprint density at radius 3 is 2.25 bits per heavy atom. The van der Waals surface area contributed by atoms with Crippen LogP contribution in [0, 0.1) is 5.92 Å². The summed E-state index contributed by atoms with van der Waals surface area (Å²) in [7, 11) is 0. The fourth-order valence-electron chi connectivity index (χ4n) is 0.867. The molecule has 3 unspecified atom stereocenters. The van der Waals surface area contributed by atoms with Gasteiger partial charge in [0, 0.05) is 5.25 Å². The molecule has 0 aliphatic carbocycles. The van der Waals surface area contributed by atoms with E-state index >= 15 is 0 Å². The Balaban J connectivity index is 2.44. The molecule has 2 heteroatoms. The highest BCUT2D eigenvalue weighted by Gasteiger charge is 2.27. The molecule has 0 aromatic carbocycles. The zero-order valence-corrected chi connectivity index (χ0v) is 6.19. The van der Waals surface area contributed by atoms with Gasteiger partial charge in [-0.25, -0.2) is 0 Å². The molecule has 0 bridgehead atoms. The Morgan fingerprint density at radius 1 is 1.50 bits per heavy atom. The van der Waals surface area contributed by atoms with E-state index in [9.17, 15) is 0 Å². The maximum absolute atomic E-state index is 5.30. The third-order valence-electron chi connectivity index (χ3n) is 1.88. The first-order valence-corrected chi connectivity index (χ1v) is 3.53. The molecule has 48 valence electrons. The van der Waals surface area contributed by atoms with E-state index in [0.29, 0.717) is 17.3 Å². The summed E-state index contributed by atoms with van der Waals surface area (Å²) in [5, 5.41) is 0.463. The van der Waals surface area contributed by atoms with Gasteiger partial charge in [0.05, 0.1) is 12.7 Å². The zero-order chi connectivity index (χ0) is 6.15. The number of hydrogen-bond donors (Lipinski definition) is 1. The Labute approximate surface area is 55.8 Å². The molecule has 0 saturated carbocycles. The molecule has 1 nitrogen and oxygen atoms in total. The molecule has 3 atom stereocenters. The van der Waals surface area contributed by atoms with E-state index in [1.807, 2.05) is 0 Å². The summed E-state index contributed by atoms with van der Waals surface area (Å²) in [6.07, 6.45) is 0.414. The van der Waals surface area contributed by atoms with Gasteiger partial charge in [0.1, 0.15) is 0 Å². The van der Waals surface area contributed by atoms with E-state index < -0.39 is 0 Å². The molecular formula is C6H12OS.